The van der Waals surface area contributed by atoms with Crippen molar-refractivity contribution in [1.82, 2.24) is 9.73 Å². The van der Waals surface area contributed by atoms with Crippen molar-refractivity contribution < 1.29 is 14.3 Å². The number of hydrogen-bond acceptors (Lipinski definition) is 7. The van der Waals surface area contributed by atoms with Crippen molar-refractivity contribution in [2.24, 2.45) is 5.10 Å². The van der Waals surface area contributed by atoms with Gasteiger partial charge < -0.3 is 9.64 Å². The Balaban J connectivity index is 3.13. The van der Waals surface area contributed by atoms with E-state index in [-0.39, 0.29) is 28.7 Å². The minimum atomic E-state index is -0.759. The molecule has 18 heavy (non-hydrogen) atoms. The maximum absolute atomic E-state index is 11.8. The fourth-order valence-corrected chi connectivity index (χ4v) is 1.82. The molecule has 1 aliphatic rings. The Morgan fingerprint density at radius 1 is 1.56 bits per heavy atom. The zero-order valence-corrected chi connectivity index (χ0v) is 11.0. The Morgan fingerprint density at radius 2 is 2.22 bits per heavy atom. The van der Waals surface area contributed by atoms with Crippen LogP contribution in [-0.4, -0.2) is 43.2 Å². The molecule has 0 bridgehead atoms. The highest BCUT2D eigenvalue weighted by Crippen LogP contribution is 2.25. The number of carbonyl (C=O) groups is 2. The monoisotopic (exact) mass is 268 g/mol. The summed E-state index contributed by atoms with van der Waals surface area (Å²) in [7, 11) is 3.11. The summed E-state index contributed by atoms with van der Waals surface area (Å²) < 4.78 is 4.76. The molecule has 1 heterocycles. The molecule has 1 N–H and O–H groups in total. The third kappa shape index (κ3) is 2.81. The molecule has 1 amide bonds. The third-order valence-electron chi connectivity index (χ3n) is 1.95. The van der Waals surface area contributed by atoms with E-state index in [1.807, 2.05) is 0 Å². The number of carbonyl (C=O) groups excluding carboxylic acids is 2. The van der Waals surface area contributed by atoms with Crippen LogP contribution in [0.25, 0.3) is 0 Å². The largest absolute Gasteiger partial charge is 0.462 e. The second kappa shape index (κ2) is 6.07. The van der Waals surface area contributed by atoms with E-state index >= 15 is 0 Å². The highest BCUT2D eigenvalue weighted by atomic mass is 32.2. The number of nitriles is 1. The normalized spacial score (nSPS) is 16.2. The predicted octanol–water partition coefficient (Wildman–Crippen LogP) is 0.0228. The van der Waals surface area contributed by atoms with Gasteiger partial charge in [0.2, 0.25) is 0 Å². The molecular weight excluding hydrogens is 256 g/mol. The van der Waals surface area contributed by atoms with E-state index in [2.05, 4.69) is 9.93 Å². The molecule has 1 rings (SSSR count). The lowest BCUT2D eigenvalue weighted by atomic mass is 10.2. The van der Waals surface area contributed by atoms with Gasteiger partial charge in [-0.25, -0.2) is 9.63 Å². The lowest BCUT2D eigenvalue weighted by Crippen LogP contribution is -2.30. The zero-order chi connectivity index (χ0) is 13.7. The molecule has 0 fully saturated rings. The molecular formula is C10H12N4O3S. The van der Waals surface area contributed by atoms with E-state index in [0.717, 1.165) is 11.9 Å². The quantitative estimate of drug-likeness (QED) is 0.335. The van der Waals surface area contributed by atoms with Crippen LogP contribution >= 0.6 is 11.9 Å². The van der Waals surface area contributed by atoms with Crippen molar-refractivity contribution in [3.05, 3.63) is 10.5 Å². The van der Waals surface area contributed by atoms with Gasteiger partial charge in [-0.2, -0.15) is 10.4 Å². The van der Waals surface area contributed by atoms with E-state index in [4.69, 9.17) is 10.00 Å². The van der Waals surface area contributed by atoms with Crippen LogP contribution in [-0.2, 0) is 14.3 Å². The molecule has 0 unspecified atom stereocenters. The van der Waals surface area contributed by atoms with E-state index in [1.54, 1.807) is 27.1 Å². The molecule has 0 atom stereocenters. The summed E-state index contributed by atoms with van der Waals surface area (Å²) in [5.74, 6) is -1.15. The van der Waals surface area contributed by atoms with Gasteiger partial charge in [-0.1, -0.05) is 0 Å². The molecule has 0 aromatic rings. The first kappa shape index (κ1) is 14.1. The number of rotatable bonds is 3. The van der Waals surface area contributed by atoms with Gasteiger partial charge in [-0.3, -0.25) is 4.79 Å². The summed E-state index contributed by atoms with van der Waals surface area (Å²) in [6, 6.07) is 1.75. The Kier molecular flexibility index (Phi) is 4.74. The number of hydrogen-bond donors (Lipinski definition) is 1. The lowest BCUT2D eigenvalue weighted by molar-refractivity contribution is -0.138. The second-order valence-electron chi connectivity index (χ2n) is 3.39. The SMILES string of the molecule is CCOC(=O)C(C#N)=C1SNN=C1C(=O)N(C)C. The zero-order valence-electron chi connectivity index (χ0n) is 10.2. The van der Waals surface area contributed by atoms with Gasteiger partial charge in [-0.15, -0.1) is 0 Å². The van der Waals surface area contributed by atoms with E-state index in [1.165, 1.54) is 4.90 Å². The smallest absolute Gasteiger partial charge is 0.350 e. The minimum absolute atomic E-state index is 0.0367. The maximum atomic E-state index is 11.8. The van der Waals surface area contributed by atoms with Crippen molar-refractivity contribution in [1.29, 1.82) is 5.26 Å². The Labute approximate surface area is 109 Å². The molecule has 8 heteroatoms. The number of amides is 1. The number of ether oxygens (including phenoxy) is 1. The van der Waals surface area contributed by atoms with Crippen molar-refractivity contribution in [3.63, 3.8) is 0 Å². The first-order valence-electron chi connectivity index (χ1n) is 5.06. The van der Waals surface area contributed by atoms with Crippen LogP contribution in [0, 0.1) is 11.3 Å². The molecule has 0 saturated heterocycles. The molecule has 0 saturated carbocycles. The number of esters is 1. The van der Waals surface area contributed by atoms with Gasteiger partial charge in [-0.05, 0) is 6.92 Å². The van der Waals surface area contributed by atoms with Crippen molar-refractivity contribution in [3.8, 4) is 6.07 Å². The van der Waals surface area contributed by atoms with E-state index < -0.39 is 5.97 Å². The molecule has 0 spiro atoms. The minimum Gasteiger partial charge on any atom is -0.462 e. The fraction of sp³-hybridized carbons (Fsp3) is 0.400. The van der Waals surface area contributed by atoms with Crippen LogP contribution in [0.1, 0.15) is 6.92 Å². The second-order valence-corrected chi connectivity index (χ2v) is 4.18. The highest BCUT2D eigenvalue weighted by molar-refractivity contribution is 8.02. The van der Waals surface area contributed by atoms with Crippen molar-refractivity contribution >= 4 is 29.5 Å². The van der Waals surface area contributed by atoms with Gasteiger partial charge in [0.15, 0.2) is 11.3 Å². The first-order valence-corrected chi connectivity index (χ1v) is 5.87. The summed E-state index contributed by atoms with van der Waals surface area (Å²) in [6.45, 7) is 1.79. The molecule has 7 nitrogen and oxygen atoms in total. The molecule has 1 aliphatic heterocycles. The van der Waals surface area contributed by atoms with Gasteiger partial charge in [0.05, 0.1) is 11.5 Å². The third-order valence-corrected chi connectivity index (χ3v) is 2.73. The Morgan fingerprint density at radius 3 is 2.72 bits per heavy atom. The number of nitrogens with one attached hydrogen (secondary N) is 1. The Bertz CT molecular complexity index is 476. The van der Waals surface area contributed by atoms with E-state index in [9.17, 15) is 9.59 Å². The van der Waals surface area contributed by atoms with Crippen LogP contribution in [0.3, 0.4) is 0 Å². The maximum Gasteiger partial charge on any atom is 0.350 e. The van der Waals surface area contributed by atoms with Crippen LogP contribution in [0.4, 0.5) is 0 Å². The lowest BCUT2D eigenvalue weighted by Gasteiger charge is -2.10. The van der Waals surface area contributed by atoms with Gasteiger partial charge >= 0.3 is 5.97 Å². The average molecular weight is 268 g/mol. The standard InChI is InChI=1S/C10H12N4O3S/c1-4-17-10(16)6(5-11)8-7(12-13-18-8)9(15)14(2)3/h13H,4H2,1-3H3. The van der Waals surface area contributed by atoms with Gasteiger partial charge in [0.25, 0.3) is 5.91 Å². The van der Waals surface area contributed by atoms with Gasteiger partial charge in [0, 0.05) is 26.0 Å². The summed E-state index contributed by atoms with van der Waals surface area (Å²) >= 11 is 0.938. The fourth-order valence-electron chi connectivity index (χ4n) is 1.13. The molecule has 0 radical (unpaired) electrons. The molecule has 0 aromatic heterocycles. The van der Waals surface area contributed by atoms with Crippen LogP contribution in [0.5, 0.6) is 0 Å². The average Bonchev–Trinajstić information content (AvgIpc) is 2.78. The van der Waals surface area contributed by atoms with Crippen LogP contribution < -0.4 is 4.83 Å². The van der Waals surface area contributed by atoms with Crippen LogP contribution in [0.2, 0.25) is 0 Å². The highest BCUT2D eigenvalue weighted by Gasteiger charge is 2.30. The predicted molar refractivity (Wildman–Crippen MR) is 66.1 cm³/mol. The Hall–Kier alpha value is -2.01. The number of nitrogens with zero attached hydrogens (tertiary/aromatic N) is 3. The summed E-state index contributed by atoms with van der Waals surface area (Å²) in [6.07, 6.45) is 0. The number of hydrazone groups is 1. The summed E-state index contributed by atoms with van der Waals surface area (Å²) in [4.78, 5) is 27.4. The molecule has 96 valence electrons. The molecule has 0 aromatic carbocycles. The van der Waals surface area contributed by atoms with E-state index in [0.29, 0.717) is 0 Å². The first-order chi connectivity index (χ1) is 8.52. The van der Waals surface area contributed by atoms with Crippen LogP contribution in [0.15, 0.2) is 15.6 Å². The summed E-state index contributed by atoms with van der Waals surface area (Å²) in [5.41, 5.74) is -0.185. The topological polar surface area (TPSA) is 94.8 Å². The van der Waals surface area contributed by atoms with Crippen molar-refractivity contribution in [2.75, 3.05) is 20.7 Å². The van der Waals surface area contributed by atoms with Gasteiger partial charge in [0.1, 0.15) is 6.07 Å². The van der Waals surface area contributed by atoms with Crippen molar-refractivity contribution in [2.45, 2.75) is 6.92 Å². The molecule has 0 aliphatic carbocycles. The summed E-state index contributed by atoms with van der Waals surface area (Å²) in [5, 5.41) is 12.8.